The van der Waals surface area contributed by atoms with E-state index in [4.69, 9.17) is 9.47 Å². The third-order valence-electron chi connectivity index (χ3n) is 3.80. The zero-order chi connectivity index (χ0) is 17.9. The molecule has 0 fully saturated rings. The molecule has 1 amide bonds. The maximum Gasteiger partial charge on any atom is 0.257 e. The molecule has 0 saturated heterocycles. The number of anilines is 1. The number of carbonyl (C=O) groups is 1. The molecule has 2 heterocycles. The van der Waals surface area contributed by atoms with Gasteiger partial charge in [-0.05, 0) is 42.2 Å². The lowest BCUT2D eigenvalue weighted by molar-refractivity contribution is 0.102. The lowest BCUT2D eigenvalue weighted by Gasteiger charge is -2.04. The standard InChI is InChI=1S/C19H16N2O3S2/c1-2-25-14-5-3-4-13(8-14)18(22)21-19-20-15(10-26-19)12-6-7-16-17(9-12)24-11-23-16/h3-10H,2,11H2,1H3,(H,20,21,22). The maximum absolute atomic E-state index is 12.5. The van der Waals surface area contributed by atoms with Gasteiger partial charge in [-0.3, -0.25) is 10.1 Å². The van der Waals surface area contributed by atoms with Gasteiger partial charge in [-0.25, -0.2) is 4.98 Å². The molecule has 0 bridgehead atoms. The first-order valence-corrected chi connectivity index (χ1v) is 9.99. The molecule has 0 saturated carbocycles. The molecule has 5 nitrogen and oxygen atoms in total. The highest BCUT2D eigenvalue weighted by Crippen LogP contribution is 2.36. The average molecular weight is 384 g/mol. The summed E-state index contributed by atoms with van der Waals surface area (Å²) in [6, 6.07) is 13.3. The fourth-order valence-corrected chi connectivity index (χ4v) is 4.02. The van der Waals surface area contributed by atoms with E-state index >= 15 is 0 Å². The van der Waals surface area contributed by atoms with Crippen molar-refractivity contribution in [3.63, 3.8) is 0 Å². The molecule has 132 valence electrons. The first-order valence-electron chi connectivity index (χ1n) is 8.12. The Balaban J connectivity index is 1.50. The Labute approximate surface area is 159 Å². The number of carbonyl (C=O) groups excluding carboxylic acids is 1. The Morgan fingerprint density at radius 3 is 3.00 bits per heavy atom. The SMILES string of the molecule is CCSc1cccc(C(=O)Nc2nc(-c3ccc4c(c3)OCO4)cs2)c1. The molecule has 0 unspecified atom stereocenters. The van der Waals surface area contributed by atoms with Crippen LogP contribution in [0.4, 0.5) is 5.13 Å². The van der Waals surface area contributed by atoms with Crippen LogP contribution < -0.4 is 14.8 Å². The summed E-state index contributed by atoms with van der Waals surface area (Å²) in [4.78, 5) is 18.1. The lowest BCUT2D eigenvalue weighted by Crippen LogP contribution is -2.11. The van der Waals surface area contributed by atoms with Crippen LogP contribution in [0.2, 0.25) is 0 Å². The molecule has 0 radical (unpaired) electrons. The Bertz CT molecular complexity index is 955. The predicted molar refractivity (Wildman–Crippen MR) is 104 cm³/mol. The summed E-state index contributed by atoms with van der Waals surface area (Å²) in [6.45, 7) is 2.33. The first-order chi connectivity index (χ1) is 12.7. The number of thiazole rings is 1. The number of hydrogen-bond acceptors (Lipinski definition) is 6. The fourth-order valence-electron chi connectivity index (χ4n) is 2.58. The van der Waals surface area contributed by atoms with Crippen molar-refractivity contribution in [1.29, 1.82) is 0 Å². The van der Waals surface area contributed by atoms with Crippen molar-refractivity contribution in [1.82, 2.24) is 4.98 Å². The van der Waals surface area contributed by atoms with Gasteiger partial charge in [0.2, 0.25) is 6.79 Å². The molecule has 0 atom stereocenters. The number of thioether (sulfide) groups is 1. The van der Waals surface area contributed by atoms with E-state index in [9.17, 15) is 4.79 Å². The third-order valence-corrected chi connectivity index (χ3v) is 5.43. The number of nitrogens with one attached hydrogen (secondary N) is 1. The van der Waals surface area contributed by atoms with E-state index in [0.29, 0.717) is 16.4 Å². The van der Waals surface area contributed by atoms with Crippen molar-refractivity contribution in [3.8, 4) is 22.8 Å². The van der Waals surface area contributed by atoms with E-state index in [1.165, 1.54) is 11.3 Å². The number of hydrogen-bond donors (Lipinski definition) is 1. The second-order valence-electron chi connectivity index (χ2n) is 5.52. The molecule has 0 aliphatic carbocycles. The average Bonchev–Trinajstić information content (AvgIpc) is 3.30. The summed E-state index contributed by atoms with van der Waals surface area (Å²) in [5, 5.41) is 5.35. The van der Waals surface area contributed by atoms with Crippen LogP contribution in [0.25, 0.3) is 11.3 Å². The smallest absolute Gasteiger partial charge is 0.257 e. The number of fused-ring (bicyclic) bond motifs is 1. The van der Waals surface area contributed by atoms with Gasteiger partial charge in [0.25, 0.3) is 5.91 Å². The van der Waals surface area contributed by atoms with E-state index in [-0.39, 0.29) is 12.7 Å². The molecule has 7 heteroatoms. The molecule has 1 aliphatic heterocycles. The van der Waals surface area contributed by atoms with Gasteiger partial charge < -0.3 is 9.47 Å². The van der Waals surface area contributed by atoms with Gasteiger partial charge in [-0.1, -0.05) is 13.0 Å². The van der Waals surface area contributed by atoms with Gasteiger partial charge in [0.1, 0.15) is 0 Å². The minimum atomic E-state index is -0.157. The van der Waals surface area contributed by atoms with E-state index in [2.05, 4.69) is 17.2 Å². The number of benzene rings is 2. The summed E-state index contributed by atoms with van der Waals surface area (Å²) >= 11 is 3.10. The fraction of sp³-hybridized carbons (Fsp3) is 0.158. The van der Waals surface area contributed by atoms with E-state index in [1.807, 2.05) is 41.8 Å². The second kappa shape index (κ2) is 7.39. The summed E-state index contributed by atoms with van der Waals surface area (Å²) in [5.41, 5.74) is 2.34. The number of nitrogens with zero attached hydrogens (tertiary/aromatic N) is 1. The van der Waals surface area contributed by atoms with Gasteiger partial charge in [0, 0.05) is 21.4 Å². The molecule has 4 rings (SSSR count). The number of amides is 1. The van der Waals surface area contributed by atoms with Gasteiger partial charge in [-0.15, -0.1) is 23.1 Å². The van der Waals surface area contributed by atoms with Gasteiger partial charge in [-0.2, -0.15) is 0 Å². The normalized spacial score (nSPS) is 12.2. The topological polar surface area (TPSA) is 60.5 Å². The van der Waals surface area contributed by atoms with Crippen LogP contribution in [0.15, 0.2) is 52.7 Å². The molecular formula is C19H16N2O3S2. The zero-order valence-corrected chi connectivity index (χ0v) is 15.7. The van der Waals surface area contributed by atoms with Crippen LogP contribution in [0.3, 0.4) is 0 Å². The Hall–Kier alpha value is -2.51. The van der Waals surface area contributed by atoms with Crippen LogP contribution >= 0.6 is 23.1 Å². The Morgan fingerprint density at radius 1 is 1.23 bits per heavy atom. The van der Waals surface area contributed by atoms with Crippen molar-refractivity contribution in [2.24, 2.45) is 0 Å². The van der Waals surface area contributed by atoms with Crippen molar-refractivity contribution in [2.75, 3.05) is 17.9 Å². The van der Waals surface area contributed by atoms with Gasteiger partial charge in [0.05, 0.1) is 5.69 Å². The monoisotopic (exact) mass is 384 g/mol. The molecule has 2 aromatic carbocycles. The van der Waals surface area contributed by atoms with Crippen molar-refractivity contribution >= 4 is 34.1 Å². The molecule has 0 spiro atoms. The summed E-state index contributed by atoms with van der Waals surface area (Å²) in [7, 11) is 0. The summed E-state index contributed by atoms with van der Waals surface area (Å²) in [6.07, 6.45) is 0. The van der Waals surface area contributed by atoms with Crippen molar-refractivity contribution in [3.05, 3.63) is 53.4 Å². The van der Waals surface area contributed by atoms with E-state index in [0.717, 1.165) is 27.7 Å². The zero-order valence-electron chi connectivity index (χ0n) is 14.0. The highest BCUT2D eigenvalue weighted by atomic mass is 32.2. The highest BCUT2D eigenvalue weighted by molar-refractivity contribution is 7.99. The lowest BCUT2D eigenvalue weighted by atomic mass is 10.1. The van der Waals surface area contributed by atoms with Crippen LogP contribution in [0.1, 0.15) is 17.3 Å². The molecule has 3 aromatic rings. The van der Waals surface area contributed by atoms with E-state index in [1.54, 1.807) is 17.8 Å². The largest absolute Gasteiger partial charge is 0.454 e. The number of ether oxygens (including phenoxy) is 2. The van der Waals surface area contributed by atoms with Crippen molar-refractivity contribution in [2.45, 2.75) is 11.8 Å². The van der Waals surface area contributed by atoms with E-state index < -0.39 is 0 Å². The third kappa shape index (κ3) is 3.54. The molecule has 26 heavy (non-hydrogen) atoms. The predicted octanol–water partition coefficient (Wildman–Crippen LogP) is 4.90. The quantitative estimate of drug-likeness (QED) is 0.634. The summed E-state index contributed by atoms with van der Waals surface area (Å²) < 4.78 is 10.7. The Kier molecular flexibility index (Phi) is 4.81. The van der Waals surface area contributed by atoms with Crippen molar-refractivity contribution < 1.29 is 14.3 Å². The molecular weight excluding hydrogens is 368 g/mol. The molecule has 1 aromatic heterocycles. The minimum Gasteiger partial charge on any atom is -0.454 e. The Morgan fingerprint density at radius 2 is 2.12 bits per heavy atom. The highest BCUT2D eigenvalue weighted by Gasteiger charge is 2.16. The molecule has 1 aliphatic rings. The van der Waals surface area contributed by atoms with Gasteiger partial charge >= 0.3 is 0 Å². The minimum absolute atomic E-state index is 0.157. The summed E-state index contributed by atoms with van der Waals surface area (Å²) in [5.74, 6) is 2.26. The van der Waals surface area contributed by atoms with Crippen LogP contribution in [0, 0.1) is 0 Å². The number of rotatable bonds is 5. The number of aromatic nitrogens is 1. The molecule has 1 N–H and O–H groups in total. The maximum atomic E-state index is 12.5. The second-order valence-corrected chi connectivity index (χ2v) is 7.72. The first kappa shape index (κ1) is 16.9. The van der Waals surface area contributed by atoms with Crippen LogP contribution in [-0.2, 0) is 0 Å². The van der Waals surface area contributed by atoms with Crippen LogP contribution in [-0.4, -0.2) is 23.4 Å². The van der Waals surface area contributed by atoms with Crippen LogP contribution in [0.5, 0.6) is 11.5 Å². The van der Waals surface area contributed by atoms with Gasteiger partial charge in [0.15, 0.2) is 16.6 Å².